The van der Waals surface area contributed by atoms with E-state index in [9.17, 15) is 9.90 Å². The predicted octanol–water partition coefficient (Wildman–Crippen LogP) is 1.68. The van der Waals surface area contributed by atoms with Crippen LogP contribution in [0.4, 0.5) is 0 Å². The summed E-state index contributed by atoms with van der Waals surface area (Å²) in [5.74, 6) is 1.42. The summed E-state index contributed by atoms with van der Waals surface area (Å²) < 4.78 is 5.51. The van der Waals surface area contributed by atoms with E-state index in [-0.39, 0.29) is 5.91 Å². The number of likely N-dealkylation sites (N-methyl/N-ethyl adjacent to an activating group) is 2. The molecule has 2 heterocycles. The van der Waals surface area contributed by atoms with Gasteiger partial charge in [-0.15, -0.1) is 0 Å². The number of carbonyl (C=O) groups is 1. The predicted molar refractivity (Wildman–Crippen MR) is 103 cm³/mol. The van der Waals surface area contributed by atoms with E-state index in [0.717, 1.165) is 24.4 Å². The lowest BCUT2D eigenvalue weighted by Gasteiger charge is -2.29. The maximum Gasteiger partial charge on any atom is 0.236 e. The number of hydrogen-bond acceptors (Lipinski definition) is 6. The number of nitrogens with zero attached hydrogens (tertiary/aromatic N) is 4. The number of amides is 1. The Balaban J connectivity index is 1.40. The second-order valence-electron chi connectivity index (χ2n) is 8.52. The first-order valence-corrected chi connectivity index (χ1v) is 10.1. The summed E-state index contributed by atoms with van der Waals surface area (Å²) in [5.41, 5.74) is 0.896. The van der Waals surface area contributed by atoms with Crippen LogP contribution in [0.15, 0.2) is 10.7 Å². The van der Waals surface area contributed by atoms with Gasteiger partial charge in [0.25, 0.3) is 0 Å². The van der Waals surface area contributed by atoms with Crippen molar-refractivity contribution in [2.75, 3.05) is 33.7 Å². The Morgan fingerprint density at radius 1 is 1.26 bits per heavy atom. The van der Waals surface area contributed by atoms with Crippen LogP contribution in [0.3, 0.4) is 0 Å². The molecule has 0 bridgehead atoms. The number of aromatic nitrogens is 1. The minimum absolute atomic E-state index is 0.0721. The molecule has 1 aliphatic heterocycles. The lowest BCUT2D eigenvalue weighted by atomic mass is 10.2. The van der Waals surface area contributed by atoms with Gasteiger partial charge in [0, 0.05) is 44.7 Å². The van der Waals surface area contributed by atoms with Gasteiger partial charge in [0.1, 0.15) is 6.26 Å². The molecule has 2 aliphatic rings. The van der Waals surface area contributed by atoms with E-state index >= 15 is 0 Å². The van der Waals surface area contributed by atoms with Gasteiger partial charge in [0.15, 0.2) is 5.89 Å². The number of aliphatic hydroxyl groups excluding tert-OH is 1. The Labute approximate surface area is 162 Å². The third kappa shape index (κ3) is 5.53. The largest absolute Gasteiger partial charge is 0.448 e. The number of rotatable bonds is 9. The average molecular weight is 379 g/mol. The fourth-order valence-electron chi connectivity index (χ4n) is 3.93. The summed E-state index contributed by atoms with van der Waals surface area (Å²) in [4.78, 5) is 23.0. The van der Waals surface area contributed by atoms with E-state index < -0.39 is 6.10 Å². The Morgan fingerprint density at radius 2 is 1.93 bits per heavy atom. The van der Waals surface area contributed by atoms with Crippen molar-refractivity contribution in [1.82, 2.24) is 19.7 Å². The molecular formula is C20H34N4O3. The van der Waals surface area contributed by atoms with Crippen LogP contribution >= 0.6 is 0 Å². The van der Waals surface area contributed by atoms with E-state index in [2.05, 4.69) is 23.7 Å². The van der Waals surface area contributed by atoms with Gasteiger partial charge in [0.2, 0.25) is 5.91 Å². The molecule has 27 heavy (non-hydrogen) atoms. The van der Waals surface area contributed by atoms with E-state index in [1.165, 1.54) is 12.8 Å². The second-order valence-corrected chi connectivity index (χ2v) is 8.52. The Kier molecular flexibility index (Phi) is 6.55. The van der Waals surface area contributed by atoms with Crippen LogP contribution in [-0.2, 0) is 11.3 Å². The summed E-state index contributed by atoms with van der Waals surface area (Å²) in [7, 11) is 3.72. The van der Waals surface area contributed by atoms with Gasteiger partial charge in [0.05, 0.1) is 18.3 Å². The maximum absolute atomic E-state index is 12.5. The molecule has 1 aliphatic carbocycles. The van der Waals surface area contributed by atoms with Gasteiger partial charge >= 0.3 is 0 Å². The Hall–Kier alpha value is -1.44. The average Bonchev–Trinajstić information content (AvgIpc) is 3.28. The molecule has 7 nitrogen and oxygen atoms in total. The molecular weight excluding hydrogens is 344 g/mol. The van der Waals surface area contributed by atoms with Crippen molar-refractivity contribution in [2.45, 2.75) is 70.2 Å². The standard InChI is InChI=1S/C20H34N4O3/c1-14-5-6-15(2)24(14)12-19(26)23(4)11-18(25)10-22(3)9-17-13-27-20(21-17)16-7-8-16/h13-16,18,25H,5-12H2,1-4H3. The zero-order valence-corrected chi connectivity index (χ0v) is 17.1. The van der Waals surface area contributed by atoms with Crippen LogP contribution in [-0.4, -0.2) is 82.6 Å². The van der Waals surface area contributed by atoms with Crippen molar-refractivity contribution in [3.8, 4) is 0 Å². The zero-order chi connectivity index (χ0) is 19.6. The number of likely N-dealkylation sites (tertiary alicyclic amines) is 1. The van der Waals surface area contributed by atoms with Crippen LogP contribution < -0.4 is 0 Å². The monoisotopic (exact) mass is 378 g/mol. The topological polar surface area (TPSA) is 73.1 Å². The summed E-state index contributed by atoms with van der Waals surface area (Å²) in [5, 5.41) is 10.4. The molecule has 0 spiro atoms. The third-order valence-electron chi connectivity index (χ3n) is 5.81. The molecule has 1 saturated carbocycles. The van der Waals surface area contributed by atoms with Crippen LogP contribution in [0.2, 0.25) is 0 Å². The molecule has 0 radical (unpaired) electrons. The smallest absolute Gasteiger partial charge is 0.236 e. The van der Waals surface area contributed by atoms with Crippen molar-refractivity contribution in [3.05, 3.63) is 17.8 Å². The van der Waals surface area contributed by atoms with Crippen LogP contribution in [0.25, 0.3) is 0 Å². The number of aliphatic hydroxyl groups is 1. The minimum atomic E-state index is -0.591. The highest BCUT2D eigenvalue weighted by molar-refractivity contribution is 5.78. The van der Waals surface area contributed by atoms with Crippen molar-refractivity contribution in [1.29, 1.82) is 0 Å². The molecule has 0 aromatic carbocycles. The molecule has 152 valence electrons. The van der Waals surface area contributed by atoms with Crippen LogP contribution in [0.1, 0.15) is 57.0 Å². The van der Waals surface area contributed by atoms with E-state index in [0.29, 0.717) is 44.2 Å². The van der Waals surface area contributed by atoms with Crippen molar-refractivity contribution in [2.24, 2.45) is 0 Å². The molecule has 1 saturated heterocycles. The SMILES string of the molecule is CC1CCC(C)N1CC(=O)N(C)CC(O)CN(C)Cc1coc(C2CC2)n1. The molecule has 1 N–H and O–H groups in total. The molecule has 1 aromatic heterocycles. The summed E-state index contributed by atoms with van der Waals surface area (Å²) in [6.45, 7) is 6.25. The van der Waals surface area contributed by atoms with Gasteiger partial charge in [-0.1, -0.05) is 0 Å². The highest BCUT2D eigenvalue weighted by Gasteiger charge is 2.30. The number of hydrogen-bond donors (Lipinski definition) is 1. The quantitative estimate of drug-likeness (QED) is 0.705. The van der Waals surface area contributed by atoms with E-state index in [4.69, 9.17) is 4.42 Å². The molecule has 1 aromatic rings. The summed E-state index contributed by atoms with van der Waals surface area (Å²) in [6.07, 6.45) is 5.76. The maximum atomic E-state index is 12.5. The molecule has 7 heteroatoms. The normalized spacial score (nSPS) is 24.5. The van der Waals surface area contributed by atoms with E-state index in [1.807, 2.05) is 11.9 Å². The fourth-order valence-corrected chi connectivity index (χ4v) is 3.93. The zero-order valence-electron chi connectivity index (χ0n) is 17.1. The van der Waals surface area contributed by atoms with Crippen molar-refractivity contribution >= 4 is 5.91 Å². The van der Waals surface area contributed by atoms with Crippen LogP contribution in [0.5, 0.6) is 0 Å². The van der Waals surface area contributed by atoms with Gasteiger partial charge in [-0.05, 0) is 46.6 Å². The van der Waals surface area contributed by atoms with Crippen molar-refractivity contribution in [3.63, 3.8) is 0 Å². The number of carbonyl (C=O) groups excluding carboxylic acids is 1. The lowest BCUT2D eigenvalue weighted by Crippen LogP contribution is -2.46. The lowest BCUT2D eigenvalue weighted by molar-refractivity contribution is -0.133. The van der Waals surface area contributed by atoms with E-state index in [1.54, 1.807) is 18.2 Å². The van der Waals surface area contributed by atoms with Gasteiger partial charge in [-0.25, -0.2) is 4.98 Å². The first-order chi connectivity index (χ1) is 12.8. The Bertz CT molecular complexity index is 620. The Morgan fingerprint density at radius 3 is 2.56 bits per heavy atom. The fraction of sp³-hybridized carbons (Fsp3) is 0.800. The summed E-state index contributed by atoms with van der Waals surface area (Å²) in [6, 6.07) is 0.910. The van der Waals surface area contributed by atoms with Crippen molar-refractivity contribution < 1.29 is 14.3 Å². The van der Waals surface area contributed by atoms with Gasteiger partial charge in [-0.3, -0.25) is 14.6 Å². The van der Waals surface area contributed by atoms with Crippen LogP contribution in [0, 0.1) is 0 Å². The molecule has 3 atom stereocenters. The first-order valence-electron chi connectivity index (χ1n) is 10.1. The number of oxazole rings is 1. The molecule has 3 unspecified atom stereocenters. The highest BCUT2D eigenvalue weighted by Crippen LogP contribution is 2.39. The minimum Gasteiger partial charge on any atom is -0.448 e. The van der Waals surface area contributed by atoms with Gasteiger partial charge < -0.3 is 14.4 Å². The van der Waals surface area contributed by atoms with Gasteiger partial charge in [-0.2, -0.15) is 0 Å². The third-order valence-corrected chi connectivity index (χ3v) is 5.81. The first kappa shape index (κ1) is 20.3. The molecule has 3 rings (SSSR count). The second kappa shape index (κ2) is 8.71. The molecule has 1 amide bonds. The summed E-state index contributed by atoms with van der Waals surface area (Å²) >= 11 is 0. The highest BCUT2D eigenvalue weighted by atomic mass is 16.3. The molecule has 2 fully saturated rings.